The molecule has 0 aromatic carbocycles. The second-order valence-electron chi connectivity index (χ2n) is 2.46. The van der Waals surface area contributed by atoms with Crippen molar-refractivity contribution < 1.29 is 9.53 Å². The molecule has 0 radical (unpaired) electrons. The van der Waals surface area contributed by atoms with E-state index in [1.54, 1.807) is 6.20 Å². The summed E-state index contributed by atoms with van der Waals surface area (Å²) < 4.78 is 4.97. The van der Waals surface area contributed by atoms with E-state index in [1.165, 1.54) is 18.4 Å². The van der Waals surface area contributed by atoms with Gasteiger partial charge in [-0.3, -0.25) is 10.1 Å². The van der Waals surface area contributed by atoms with Crippen LogP contribution in [-0.4, -0.2) is 24.1 Å². The normalized spacial score (nSPS) is 12.5. The Morgan fingerprint density at radius 3 is 3.08 bits per heavy atom. The third kappa shape index (κ3) is 2.78. The van der Waals surface area contributed by atoms with Gasteiger partial charge >= 0.3 is 0 Å². The number of ether oxygens (including phenoxy) is 1. The molecular weight excluding hydrogens is 188 g/mol. The number of hydrogen-bond donors (Lipinski definition) is 1. The summed E-state index contributed by atoms with van der Waals surface area (Å²) in [6.07, 6.45) is 1.92. The summed E-state index contributed by atoms with van der Waals surface area (Å²) in [4.78, 5) is 15.3. The van der Waals surface area contributed by atoms with Crippen LogP contribution in [0.5, 0.6) is 0 Å². The molecule has 0 saturated carbocycles. The van der Waals surface area contributed by atoms with Crippen LogP contribution in [0, 0.1) is 0 Å². The lowest BCUT2D eigenvalue weighted by molar-refractivity contribution is -0.125. The van der Waals surface area contributed by atoms with Crippen molar-refractivity contribution in [2.75, 3.05) is 12.4 Å². The maximum atomic E-state index is 11.4. The van der Waals surface area contributed by atoms with Gasteiger partial charge in [-0.2, -0.15) is 0 Å². The van der Waals surface area contributed by atoms with Crippen LogP contribution in [-0.2, 0) is 9.53 Å². The smallest absolute Gasteiger partial charge is 0.255 e. The molecule has 1 N–H and O–H groups in total. The minimum atomic E-state index is -0.385. The molecule has 1 aromatic heterocycles. The first kappa shape index (κ1) is 10.1. The van der Waals surface area contributed by atoms with E-state index in [0.29, 0.717) is 11.6 Å². The Morgan fingerprint density at radius 2 is 2.62 bits per heavy atom. The van der Waals surface area contributed by atoms with Gasteiger partial charge in [0, 0.05) is 18.7 Å². The fourth-order valence-corrected chi connectivity index (χ4v) is 1.46. The number of nitrogens with one attached hydrogen (secondary N) is 1. The predicted molar refractivity (Wildman–Crippen MR) is 51.8 cm³/mol. The van der Waals surface area contributed by atoms with Gasteiger partial charge in [0.05, 0.1) is 0 Å². The number of aromatic nitrogens is 1. The summed E-state index contributed by atoms with van der Waals surface area (Å²) in [5.41, 5.74) is 0. The van der Waals surface area contributed by atoms with E-state index in [2.05, 4.69) is 10.3 Å². The monoisotopic (exact) mass is 200 g/mol. The molecule has 1 heterocycles. The highest BCUT2D eigenvalue weighted by Crippen LogP contribution is 2.11. The molecule has 0 aliphatic heterocycles. The summed E-state index contributed by atoms with van der Waals surface area (Å²) in [6, 6.07) is 0. The van der Waals surface area contributed by atoms with Gasteiger partial charge in [-0.05, 0) is 6.42 Å². The summed E-state index contributed by atoms with van der Waals surface area (Å²) >= 11 is 1.39. The number of rotatable bonds is 4. The Hall–Kier alpha value is -0.940. The number of thiazole rings is 1. The third-order valence-corrected chi connectivity index (χ3v) is 2.30. The van der Waals surface area contributed by atoms with Crippen molar-refractivity contribution in [1.29, 1.82) is 0 Å². The zero-order valence-electron chi connectivity index (χ0n) is 7.61. The molecule has 1 amide bonds. The first-order valence-electron chi connectivity index (χ1n) is 4.01. The van der Waals surface area contributed by atoms with Crippen molar-refractivity contribution in [1.82, 2.24) is 4.98 Å². The average Bonchev–Trinajstić information content (AvgIpc) is 2.59. The molecule has 1 aromatic rings. The minimum Gasteiger partial charge on any atom is -0.372 e. The standard InChI is InChI=1S/C8H12N2O2S/c1-3-6(12-2)7(11)10-8-9-4-5-13-8/h4-6H,3H2,1-2H3,(H,9,10,11). The van der Waals surface area contributed by atoms with E-state index in [1.807, 2.05) is 12.3 Å². The molecule has 0 aliphatic carbocycles. The van der Waals surface area contributed by atoms with Gasteiger partial charge in [0.1, 0.15) is 6.10 Å². The van der Waals surface area contributed by atoms with E-state index in [-0.39, 0.29) is 12.0 Å². The Morgan fingerprint density at radius 1 is 1.85 bits per heavy atom. The molecule has 1 unspecified atom stereocenters. The molecule has 13 heavy (non-hydrogen) atoms. The first-order chi connectivity index (χ1) is 6.27. The highest BCUT2D eigenvalue weighted by Gasteiger charge is 2.15. The van der Waals surface area contributed by atoms with Gasteiger partial charge in [0.2, 0.25) is 0 Å². The lowest BCUT2D eigenvalue weighted by Gasteiger charge is -2.10. The van der Waals surface area contributed by atoms with Crippen LogP contribution in [0.1, 0.15) is 13.3 Å². The van der Waals surface area contributed by atoms with Gasteiger partial charge in [-0.1, -0.05) is 6.92 Å². The molecule has 0 spiro atoms. The third-order valence-electron chi connectivity index (χ3n) is 1.61. The number of methoxy groups -OCH3 is 1. The molecule has 0 fully saturated rings. The van der Waals surface area contributed by atoms with Gasteiger partial charge in [0.15, 0.2) is 5.13 Å². The zero-order valence-corrected chi connectivity index (χ0v) is 8.43. The SMILES string of the molecule is CCC(OC)C(=O)Nc1nccs1. The number of anilines is 1. The maximum absolute atomic E-state index is 11.4. The Bertz CT molecular complexity index is 257. The highest BCUT2D eigenvalue weighted by molar-refractivity contribution is 7.13. The lowest BCUT2D eigenvalue weighted by atomic mass is 10.2. The maximum Gasteiger partial charge on any atom is 0.255 e. The van der Waals surface area contributed by atoms with Crippen LogP contribution in [0.2, 0.25) is 0 Å². The number of hydrogen-bond acceptors (Lipinski definition) is 4. The molecular formula is C8H12N2O2S. The highest BCUT2D eigenvalue weighted by atomic mass is 32.1. The molecule has 4 nitrogen and oxygen atoms in total. The van der Waals surface area contributed by atoms with Gasteiger partial charge in [-0.15, -0.1) is 11.3 Å². The van der Waals surface area contributed by atoms with E-state index < -0.39 is 0 Å². The number of carbonyl (C=O) groups excluding carboxylic acids is 1. The second-order valence-corrected chi connectivity index (χ2v) is 3.35. The van der Waals surface area contributed by atoms with Crippen LogP contribution in [0.15, 0.2) is 11.6 Å². The number of amides is 1. The van der Waals surface area contributed by atoms with Gasteiger partial charge in [0.25, 0.3) is 5.91 Å². The Labute approximate surface area is 80.9 Å². The molecule has 1 rings (SSSR count). The summed E-state index contributed by atoms with van der Waals surface area (Å²) in [6.45, 7) is 1.90. The molecule has 1 atom stereocenters. The molecule has 0 aliphatic rings. The molecule has 5 heteroatoms. The molecule has 0 saturated heterocycles. The topological polar surface area (TPSA) is 51.2 Å². The largest absolute Gasteiger partial charge is 0.372 e. The molecule has 0 bridgehead atoms. The van der Waals surface area contributed by atoms with E-state index in [0.717, 1.165) is 0 Å². The van der Waals surface area contributed by atoms with Crippen LogP contribution in [0.4, 0.5) is 5.13 Å². The fourth-order valence-electron chi connectivity index (χ4n) is 0.930. The van der Waals surface area contributed by atoms with E-state index in [4.69, 9.17) is 4.74 Å². The number of nitrogens with zero attached hydrogens (tertiary/aromatic N) is 1. The number of carbonyl (C=O) groups is 1. The summed E-state index contributed by atoms with van der Waals surface area (Å²) in [5, 5.41) is 5.09. The minimum absolute atomic E-state index is 0.139. The van der Waals surface area contributed by atoms with Crippen molar-refractivity contribution in [2.24, 2.45) is 0 Å². The first-order valence-corrected chi connectivity index (χ1v) is 4.89. The Kier molecular flexibility index (Phi) is 3.85. The average molecular weight is 200 g/mol. The van der Waals surface area contributed by atoms with Crippen molar-refractivity contribution in [3.63, 3.8) is 0 Å². The fraction of sp³-hybridized carbons (Fsp3) is 0.500. The van der Waals surface area contributed by atoms with Crippen LogP contribution in [0.25, 0.3) is 0 Å². The summed E-state index contributed by atoms with van der Waals surface area (Å²) in [5.74, 6) is -0.139. The van der Waals surface area contributed by atoms with Crippen molar-refractivity contribution in [3.05, 3.63) is 11.6 Å². The van der Waals surface area contributed by atoms with Crippen molar-refractivity contribution in [2.45, 2.75) is 19.4 Å². The Balaban J connectivity index is 2.49. The van der Waals surface area contributed by atoms with Crippen LogP contribution in [0.3, 0.4) is 0 Å². The van der Waals surface area contributed by atoms with Crippen molar-refractivity contribution >= 4 is 22.4 Å². The lowest BCUT2D eigenvalue weighted by Crippen LogP contribution is -2.28. The summed E-state index contributed by atoms with van der Waals surface area (Å²) in [7, 11) is 1.52. The van der Waals surface area contributed by atoms with E-state index >= 15 is 0 Å². The molecule has 72 valence electrons. The zero-order chi connectivity index (χ0) is 9.68. The van der Waals surface area contributed by atoms with Crippen LogP contribution >= 0.6 is 11.3 Å². The predicted octanol–water partition coefficient (Wildman–Crippen LogP) is 1.51. The van der Waals surface area contributed by atoms with Gasteiger partial charge < -0.3 is 4.74 Å². The van der Waals surface area contributed by atoms with Crippen LogP contribution < -0.4 is 5.32 Å². The van der Waals surface area contributed by atoms with Gasteiger partial charge in [-0.25, -0.2) is 4.98 Å². The quantitative estimate of drug-likeness (QED) is 0.801. The second kappa shape index (κ2) is 4.94. The van der Waals surface area contributed by atoms with Crippen molar-refractivity contribution in [3.8, 4) is 0 Å². The van der Waals surface area contributed by atoms with E-state index in [9.17, 15) is 4.79 Å².